The van der Waals surface area contributed by atoms with E-state index in [2.05, 4.69) is 23.4 Å². The van der Waals surface area contributed by atoms with Gasteiger partial charge < -0.3 is 10.1 Å². The lowest BCUT2D eigenvalue weighted by Gasteiger charge is -2.32. The van der Waals surface area contributed by atoms with Crippen LogP contribution in [0.4, 0.5) is 0 Å². The van der Waals surface area contributed by atoms with Gasteiger partial charge >= 0.3 is 0 Å². The minimum absolute atomic E-state index is 0.560. The lowest BCUT2D eigenvalue weighted by Crippen LogP contribution is -2.44. The largest absolute Gasteiger partial charge is 0.381 e. The summed E-state index contributed by atoms with van der Waals surface area (Å²) in [6, 6.07) is 2.69. The Labute approximate surface area is 103 Å². The first kappa shape index (κ1) is 12.6. The predicted octanol–water partition coefficient (Wildman–Crippen LogP) is 1.37. The molecule has 0 bridgehead atoms. The first-order chi connectivity index (χ1) is 8.29. The number of rotatable bonds is 5. The highest BCUT2D eigenvalue weighted by molar-refractivity contribution is 5.01. The van der Waals surface area contributed by atoms with Gasteiger partial charge in [0, 0.05) is 31.8 Å². The molecule has 1 saturated heterocycles. The molecule has 2 rings (SSSR count). The fourth-order valence-electron chi connectivity index (χ4n) is 2.44. The van der Waals surface area contributed by atoms with E-state index in [1.165, 1.54) is 12.1 Å². The second kappa shape index (κ2) is 6.17. The molecule has 1 aliphatic heterocycles. The zero-order valence-electron chi connectivity index (χ0n) is 10.9. The lowest BCUT2D eigenvalue weighted by atomic mass is 9.91. The fourth-order valence-corrected chi connectivity index (χ4v) is 2.44. The molecule has 96 valence electrons. The van der Waals surface area contributed by atoms with Crippen molar-refractivity contribution in [3.05, 3.63) is 18.0 Å². The van der Waals surface area contributed by atoms with Gasteiger partial charge in [0.15, 0.2) is 0 Å². The minimum atomic E-state index is 0.560. The molecule has 2 heterocycles. The van der Waals surface area contributed by atoms with Gasteiger partial charge in [-0.3, -0.25) is 4.68 Å². The van der Waals surface area contributed by atoms with E-state index in [0.29, 0.717) is 12.0 Å². The minimum Gasteiger partial charge on any atom is -0.381 e. The Bertz CT molecular complexity index is 337. The zero-order valence-corrected chi connectivity index (χ0v) is 10.9. The highest BCUT2D eigenvalue weighted by atomic mass is 16.5. The molecule has 2 unspecified atom stereocenters. The van der Waals surface area contributed by atoms with E-state index in [1.807, 2.05) is 17.9 Å². The molecule has 17 heavy (non-hydrogen) atoms. The van der Waals surface area contributed by atoms with Gasteiger partial charge in [-0.25, -0.2) is 0 Å². The van der Waals surface area contributed by atoms with Crippen LogP contribution >= 0.6 is 0 Å². The van der Waals surface area contributed by atoms with E-state index >= 15 is 0 Å². The summed E-state index contributed by atoms with van der Waals surface area (Å²) >= 11 is 0. The van der Waals surface area contributed by atoms with Crippen LogP contribution in [0.3, 0.4) is 0 Å². The Morgan fingerprint density at radius 3 is 3.18 bits per heavy atom. The monoisotopic (exact) mass is 237 g/mol. The zero-order chi connectivity index (χ0) is 12.1. The molecule has 0 aliphatic carbocycles. The fraction of sp³-hybridized carbons (Fsp3) is 0.769. The average Bonchev–Trinajstić information content (AvgIpc) is 2.74. The third-order valence-electron chi connectivity index (χ3n) is 3.37. The summed E-state index contributed by atoms with van der Waals surface area (Å²) in [6.07, 6.45) is 5.33. The van der Waals surface area contributed by atoms with Crippen LogP contribution in [0.2, 0.25) is 0 Å². The first-order valence-corrected chi connectivity index (χ1v) is 6.59. The van der Waals surface area contributed by atoms with Crippen LogP contribution in [0, 0.1) is 5.92 Å². The van der Waals surface area contributed by atoms with Gasteiger partial charge in [-0.2, -0.15) is 5.10 Å². The smallest absolute Gasteiger partial charge is 0.0628 e. The van der Waals surface area contributed by atoms with Crippen molar-refractivity contribution >= 4 is 0 Å². The maximum absolute atomic E-state index is 5.60. The van der Waals surface area contributed by atoms with Gasteiger partial charge in [-0.05, 0) is 31.9 Å². The van der Waals surface area contributed by atoms with Crippen molar-refractivity contribution in [2.75, 3.05) is 19.8 Å². The van der Waals surface area contributed by atoms with Gasteiger partial charge in [0.05, 0.1) is 12.3 Å². The van der Waals surface area contributed by atoms with E-state index in [4.69, 9.17) is 4.74 Å². The summed E-state index contributed by atoms with van der Waals surface area (Å²) in [4.78, 5) is 0. The van der Waals surface area contributed by atoms with Crippen LogP contribution in [0.15, 0.2) is 12.3 Å². The lowest BCUT2D eigenvalue weighted by molar-refractivity contribution is 0.0319. The van der Waals surface area contributed by atoms with Gasteiger partial charge in [-0.1, -0.05) is 6.92 Å². The molecule has 1 aromatic heterocycles. The standard InChI is InChI=1S/C13H23N3O/c1-3-6-14-13-5-8-17-10-11(13)9-12-4-7-16(2)15-12/h4,7,11,13-14H,3,5-6,8-10H2,1-2H3. The molecular weight excluding hydrogens is 214 g/mol. The van der Waals surface area contributed by atoms with Crippen molar-refractivity contribution in [3.8, 4) is 0 Å². The maximum atomic E-state index is 5.60. The molecule has 1 fully saturated rings. The molecule has 2 atom stereocenters. The van der Waals surface area contributed by atoms with Crippen LogP contribution in [-0.2, 0) is 18.2 Å². The van der Waals surface area contributed by atoms with E-state index in [0.717, 1.165) is 32.6 Å². The Hall–Kier alpha value is -0.870. The summed E-state index contributed by atoms with van der Waals surface area (Å²) in [7, 11) is 1.97. The molecular formula is C13H23N3O. The van der Waals surface area contributed by atoms with Gasteiger partial charge in [0.1, 0.15) is 0 Å². The quantitative estimate of drug-likeness (QED) is 0.840. The molecule has 4 heteroatoms. The van der Waals surface area contributed by atoms with Gasteiger partial charge in [0.2, 0.25) is 0 Å². The van der Waals surface area contributed by atoms with Crippen molar-refractivity contribution < 1.29 is 4.74 Å². The third-order valence-corrected chi connectivity index (χ3v) is 3.37. The van der Waals surface area contributed by atoms with Crippen molar-refractivity contribution in [3.63, 3.8) is 0 Å². The average molecular weight is 237 g/mol. The molecule has 0 spiro atoms. The van der Waals surface area contributed by atoms with Gasteiger partial charge in [0.25, 0.3) is 0 Å². The van der Waals surface area contributed by atoms with Crippen LogP contribution in [0.25, 0.3) is 0 Å². The number of ether oxygens (including phenoxy) is 1. The maximum Gasteiger partial charge on any atom is 0.0628 e. The van der Waals surface area contributed by atoms with Crippen molar-refractivity contribution in [2.24, 2.45) is 13.0 Å². The van der Waals surface area contributed by atoms with Gasteiger partial charge in [-0.15, -0.1) is 0 Å². The second-order valence-electron chi connectivity index (χ2n) is 4.87. The molecule has 0 saturated carbocycles. The summed E-state index contributed by atoms with van der Waals surface area (Å²) in [5.41, 5.74) is 1.17. The predicted molar refractivity (Wildman–Crippen MR) is 67.9 cm³/mol. The molecule has 0 amide bonds. The first-order valence-electron chi connectivity index (χ1n) is 6.59. The van der Waals surface area contributed by atoms with Crippen molar-refractivity contribution in [1.82, 2.24) is 15.1 Å². The Morgan fingerprint density at radius 1 is 1.59 bits per heavy atom. The highest BCUT2D eigenvalue weighted by Crippen LogP contribution is 2.19. The number of nitrogens with one attached hydrogen (secondary N) is 1. The number of aromatic nitrogens is 2. The molecule has 1 aromatic rings. The molecule has 4 nitrogen and oxygen atoms in total. The number of hydrogen-bond donors (Lipinski definition) is 1. The van der Waals surface area contributed by atoms with Crippen molar-refractivity contribution in [2.45, 2.75) is 32.2 Å². The van der Waals surface area contributed by atoms with Crippen LogP contribution in [0.5, 0.6) is 0 Å². The molecule has 0 aromatic carbocycles. The Kier molecular flexibility index (Phi) is 4.57. The third kappa shape index (κ3) is 3.54. The molecule has 1 aliphatic rings. The summed E-state index contributed by atoms with van der Waals surface area (Å²) in [5, 5.41) is 8.09. The second-order valence-corrected chi connectivity index (χ2v) is 4.87. The van der Waals surface area contributed by atoms with Crippen LogP contribution in [-0.4, -0.2) is 35.6 Å². The van der Waals surface area contributed by atoms with E-state index in [-0.39, 0.29) is 0 Å². The summed E-state index contributed by atoms with van der Waals surface area (Å²) in [5.74, 6) is 0.560. The molecule has 0 radical (unpaired) electrons. The summed E-state index contributed by atoms with van der Waals surface area (Å²) in [6.45, 7) is 5.06. The molecule has 1 N–H and O–H groups in total. The summed E-state index contributed by atoms with van der Waals surface area (Å²) < 4.78 is 7.47. The normalized spacial score (nSPS) is 25.1. The van der Waals surface area contributed by atoms with E-state index in [9.17, 15) is 0 Å². The highest BCUT2D eigenvalue weighted by Gasteiger charge is 2.25. The van der Waals surface area contributed by atoms with Crippen molar-refractivity contribution in [1.29, 1.82) is 0 Å². The number of hydrogen-bond acceptors (Lipinski definition) is 3. The number of nitrogens with zero attached hydrogens (tertiary/aromatic N) is 2. The Morgan fingerprint density at radius 2 is 2.47 bits per heavy atom. The Balaban J connectivity index is 1.91. The van der Waals surface area contributed by atoms with E-state index < -0.39 is 0 Å². The SMILES string of the molecule is CCCNC1CCOCC1Cc1ccn(C)n1. The van der Waals surface area contributed by atoms with Crippen LogP contribution < -0.4 is 5.32 Å². The topological polar surface area (TPSA) is 39.1 Å². The van der Waals surface area contributed by atoms with Crippen LogP contribution in [0.1, 0.15) is 25.5 Å². The van der Waals surface area contributed by atoms with E-state index in [1.54, 1.807) is 0 Å². The number of aryl methyl sites for hydroxylation is 1.